The van der Waals surface area contributed by atoms with Gasteiger partial charge in [0.15, 0.2) is 0 Å². The summed E-state index contributed by atoms with van der Waals surface area (Å²) in [6.07, 6.45) is 1.44. The molecule has 0 radical (unpaired) electrons. The van der Waals surface area contributed by atoms with Crippen LogP contribution in [0.4, 0.5) is 0 Å². The van der Waals surface area contributed by atoms with Crippen molar-refractivity contribution in [3.8, 4) is 5.75 Å². The lowest BCUT2D eigenvalue weighted by Gasteiger charge is -2.22. The predicted octanol–water partition coefficient (Wildman–Crippen LogP) is 0.442. The summed E-state index contributed by atoms with van der Waals surface area (Å²) in [5, 5.41) is 21.6. The Morgan fingerprint density at radius 3 is 2.61 bits per heavy atom. The minimum Gasteiger partial charge on any atom is -0.496 e. The quantitative estimate of drug-likeness (QED) is 0.566. The van der Waals surface area contributed by atoms with Gasteiger partial charge in [0.05, 0.1) is 25.4 Å². The number of ether oxygens (including phenoxy) is 1. The molecule has 1 atom stereocenters. The zero-order valence-electron chi connectivity index (χ0n) is 15.9. The average Bonchev–Trinajstić information content (AvgIpc) is 3.10. The van der Waals surface area contributed by atoms with E-state index in [1.54, 1.807) is 24.3 Å². The molecule has 0 saturated carbocycles. The lowest BCUT2D eigenvalue weighted by molar-refractivity contribution is -0.138. The van der Waals surface area contributed by atoms with Crippen molar-refractivity contribution in [1.29, 1.82) is 0 Å². The summed E-state index contributed by atoms with van der Waals surface area (Å²) < 4.78 is 6.34. The number of hydrogen-bond acceptors (Lipinski definition) is 6. The third kappa shape index (κ3) is 5.53. The minimum atomic E-state index is -1.04. The Balaban J connectivity index is 2.00. The van der Waals surface area contributed by atoms with Gasteiger partial charge in [-0.15, -0.1) is 5.10 Å². The summed E-state index contributed by atoms with van der Waals surface area (Å²) in [7, 11) is 1.47. The summed E-state index contributed by atoms with van der Waals surface area (Å²) in [5.74, 6) is -1.59. The highest BCUT2D eigenvalue weighted by molar-refractivity contribution is 5.99. The van der Waals surface area contributed by atoms with Crippen molar-refractivity contribution in [3.05, 3.63) is 41.7 Å². The number of carbonyl (C=O) groups excluding carboxylic acids is 2. The third-order valence-electron chi connectivity index (χ3n) is 3.91. The SMILES string of the molecule is COc1ccccc1C(=O)NC(C(=O)NCc1cn(CC(=O)O)nn1)C(C)C. The van der Waals surface area contributed by atoms with Crippen molar-refractivity contribution in [2.45, 2.75) is 33.0 Å². The number of carboxylic acid groups (broad SMARTS) is 1. The molecule has 2 rings (SSSR count). The van der Waals surface area contributed by atoms with Crippen LogP contribution in [0.1, 0.15) is 29.9 Å². The first-order valence-corrected chi connectivity index (χ1v) is 8.64. The number of amides is 2. The molecular weight excluding hydrogens is 366 g/mol. The number of nitrogens with one attached hydrogen (secondary N) is 2. The van der Waals surface area contributed by atoms with Gasteiger partial charge in [0.25, 0.3) is 5.91 Å². The summed E-state index contributed by atoms with van der Waals surface area (Å²) in [4.78, 5) is 35.8. The van der Waals surface area contributed by atoms with Crippen molar-refractivity contribution in [1.82, 2.24) is 25.6 Å². The molecule has 0 aliphatic rings. The monoisotopic (exact) mass is 389 g/mol. The smallest absolute Gasteiger partial charge is 0.325 e. The van der Waals surface area contributed by atoms with Crippen molar-refractivity contribution < 1.29 is 24.2 Å². The number of benzene rings is 1. The lowest BCUT2D eigenvalue weighted by atomic mass is 10.0. The van der Waals surface area contributed by atoms with Crippen LogP contribution < -0.4 is 15.4 Å². The number of methoxy groups -OCH3 is 1. The maximum absolute atomic E-state index is 12.6. The summed E-state index contributed by atoms with van der Waals surface area (Å²) in [5.41, 5.74) is 0.744. The Labute approximate surface area is 161 Å². The molecule has 0 spiro atoms. The molecule has 10 heteroatoms. The molecule has 150 valence electrons. The van der Waals surface area contributed by atoms with E-state index in [1.165, 1.54) is 13.3 Å². The highest BCUT2D eigenvalue weighted by Crippen LogP contribution is 2.17. The van der Waals surface area contributed by atoms with E-state index in [0.717, 1.165) is 4.68 Å². The first-order chi connectivity index (χ1) is 13.3. The molecule has 0 aliphatic carbocycles. The van der Waals surface area contributed by atoms with Gasteiger partial charge in [-0.05, 0) is 18.1 Å². The Morgan fingerprint density at radius 2 is 1.96 bits per heavy atom. The Morgan fingerprint density at radius 1 is 1.25 bits per heavy atom. The number of carbonyl (C=O) groups is 3. The molecule has 1 heterocycles. The third-order valence-corrected chi connectivity index (χ3v) is 3.91. The van der Waals surface area contributed by atoms with E-state index >= 15 is 0 Å². The van der Waals surface area contributed by atoms with Gasteiger partial charge < -0.3 is 20.5 Å². The van der Waals surface area contributed by atoms with Gasteiger partial charge >= 0.3 is 5.97 Å². The molecule has 0 saturated heterocycles. The molecule has 0 aliphatic heterocycles. The highest BCUT2D eigenvalue weighted by atomic mass is 16.5. The van der Waals surface area contributed by atoms with E-state index in [4.69, 9.17) is 9.84 Å². The van der Waals surface area contributed by atoms with E-state index in [9.17, 15) is 14.4 Å². The maximum Gasteiger partial charge on any atom is 0.325 e. The van der Waals surface area contributed by atoms with Crippen LogP contribution in [0.3, 0.4) is 0 Å². The number of hydrogen-bond donors (Lipinski definition) is 3. The van der Waals surface area contributed by atoms with Crippen molar-refractivity contribution in [2.24, 2.45) is 5.92 Å². The average molecular weight is 389 g/mol. The van der Waals surface area contributed by atoms with Crippen LogP contribution in [0, 0.1) is 5.92 Å². The van der Waals surface area contributed by atoms with Crippen LogP contribution in [0.5, 0.6) is 5.75 Å². The van der Waals surface area contributed by atoms with Crippen LogP contribution >= 0.6 is 0 Å². The molecule has 1 unspecified atom stereocenters. The number of para-hydroxylation sites is 1. The van der Waals surface area contributed by atoms with Crippen molar-refractivity contribution in [3.63, 3.8) is 0 Å². The topological polar surface area (TPSA) is 135 Å². The van der Waals surface area contributed by atoms with Gasteiger partial charge in [-0.25, -0.2) is 4.68 Å². The molecule has 2 amide bonds. The molecular formula is C18H23N5O5. The van der Waals surface area contributed by atoms with Gasteiger partial charge in [0, 0.05) is 0 Å². The van der Waals surface area contributed by atoms with Gasteiger partial charge in [-0.3, -0.25) is 14.4 Å². The molecule has 28 heavy (non-hydrogen) atoms. The van der Waals surface area contributed by atoms with Crippen LogP contribution in [-0.4, -0.2) is 51.0 Å². The molecule has 1 aromatic carbocycles. The number of carboxylic acids is 1. The highest BCUT2D eigenvalue weighted by Gasteiger charge is 2.25. The molecule has 1 aromatic heterocycles. The van der Waals surface area contributed by atoms with Gasteiger partial charge in [0.2, 0.25) is 5.91 Å². The van der Waals surface area contributed by atoms with Crippen molar-refractivity contribution >= 4 is 17.8 Å². The number of aliphatic carboxylic acids is 1. The van der Waals surface area contributed by atoms with Crippen LogP contribution in [0.2, 0.25) is 0 Å². The summed E-state index contributed by atoms with van der Waals surface area (Å²) >= 11 is 0. The normalized spacial score (nSPS) is 11.7. The summed E-state index contributed by atoms with van der Waals surface area (Å²) in [6, 6.07) is 5.97. The van der Waals surface area contributed by atoms with Crippen molar-refractivity contribution in [2.75, 3.05) is 7.11 Å². The number of rotatable bonds is 9. The molecule has 0 fully saturated rings. The van der Waals surface area contributed by atoms with E-state index in [0.29, 0.717) is 17.0 Å². The molecule has 3 N–H and O–H groups in total. The molecule has 2 aromatic rings. The molecule has 10 nitrogen and oxygen atoms in total. The van der Waals surface area contributed by atoms with Crippen LogP contribution in [-0.2, 0) is 22.7 Å². The lowest BCUT2D eigenvalue weighted by Crippen LogP contribution is -2.49. The zero-order valence-corrected chi connectivity index (χ0v) is 15.9. The van der Waals surface area contributed by atoms with Gasteiger partial charge in [0.1, 0.15) is 24.0 Å². The first-order valence-electron chi connectivity index (χ1n) is 8.64. The predicted molar refractivity (Wildman–Crippen MR) is 98.6 cm³/mol. The molecule has 0 bridgehead atoms. The zero-order chi connectivity index (χ0) is 20.7. The van der Waals surface area contributed by atoms with E-state index in [1.807, 2.05) is 13.8 Å². The van der Waals surface area contributed by atoms with Crippen LogP contribution in [0.15, 0.2) is 30.5 Å². The Bertz CT molecular complexity index is 848. The largest absolute Gasteiger partial charge is 0.496 e. The van der Waals surface area contributed by atoms with Crippen LogP contribution in [0.25, 0.3) is 0 Å². The minimum absolute atomic E-state index is 0.0617. The summed E-state index contributed by atoms with van der Waals surface area (Å²) in [6.45, 7) is 3.38. The standard InChI is InChI=1S/C18H23N5O5/c1-11(2)16(20-17(26)13-6-4-5-7-14(13)28-3)18(27)19-8-12-9-23(22-21-12)10-15(24)25/h4-7,9,11,16H,8,10H2,1-3H3,(H,19,27)(H,20,26)(H,24,25). The van der Waals surface area contributed by atoms with Gasteiger partial charge in [-0.1, -0.05) is 31.2 Å². The second-order valence-corrected chi connectivity index (χ2v) is 6.41. The number of aromatic nitrogens is 3. The van der Waals surface area contributed by atoms with E-state index in [2.05, 4.69) is 20.9 Å². The maximum atomic E-state index is 12.6. The fraction of sp³-hybridized carbons (Fsp3) is 0.389. The first kappa shape index (κ1) is 20.9. The van der Waals surface area contributed by atoms with E-state index < -0.39 is 17.9 Å². The number of nitrogens with zero attached hydrogens (tertiary/aromatic N) is 3. The fourth-order valence-electron chi connectivity index (χ4n) is 2.51. The van der Waals surface area contributed by atoms with E-state index in [-0.39, 0.29) is 24.9 Å². The Hall–Kier alpha value is -3.43. The fourth-order valence-corrected chi connectivity index (χ4v) is 2.51. The second-order valence-electron chi connectivity index (χ2n) is 6.41. The second kappa shape index (κ2) is 9.49. The Kier molecular flexibility index (Phi) is 7.08. The van der Waals surface area contributed by atoms with Gasteiger partial charge in [-0.2, -0.15) is 0 Å².